The van der Waals surface area contributed by atoms with Crippen molar-refractivity contribution >= 4 is 11.7 Å². The van der Waals surface area contributed by atoms with Gasteiger partial charge in [-0.2, -0.15) is 5.10 Å². The first-order chi connectivity index (χ1) is 9.36. The lowest BCUT2D eigenvalue weighted by atomic mass is 9.82. The summed E-state index contributed by atoms with van der Waals surface area (Å²) in [5, 5.41) is 13.7. The fraction of sp³-hybridized carbons (Fsp3) is 0.500. The molecule has 2 rings (SSSR count). The van der Waals surface area contributed by atoms with Crippen molar-refractivity contribution in [3.05, 3.63) is 28.8 Å². The molecule has 6 nitrogen and oxygen atoms in total. The second kappa shape index (κ2) is 5.11. The molecule has 0 aliphatic carbocycles. The van der Waals surface area contributed by atoms with E-state index in [4.69, 9.17) is 4.52 Å². The molecule has 0 aliphatic rings. The molecule has 0 saturated carbocycles. The molecule has 0 bridgehead atoms. The highest BCUT2D eigenvalue weighted by Gasteiger charge is 2.35. The summed E-state index contributed by atoms with van der Waals surface area (Å²) in [5.74, 6) is 1.06. The van der Waals surface area contributed by atoms with Crippen LogP contribution in [-0.4, -0.2) is 21.3 Å². The molecular formula is C14H20N4O2. The van der Waals surface area contributed by atoms with E-state index < -0.39 is 5.41 Å². The van der Waals surface area contributed by atoms with Crippen LogP contribution in [0.1, 0.15) is 43.5 Å². The van der Waals surface area contributed by atoms with Crippen LogP contribution in [0.3, 0.4) is 0 Å². The molecule has 2 N–H and O–H groups in total. The van der Waals surface area contributed by atoms with Gasteiger partial charge in [-0.15, -0.1) is 0 Å². The summed E-state index contributed by atoms with van der Waals surface area (Å²) in [4.78, 5) is 12.5. The lowest BCUT2D eigenvalue weighted by Crippen LogP contribution is -2.35. The summed E-state index contributed by atoms with van der Waals surface area (Å²) in [7, 11) is 0. The van der Waals surface area contributed by atoms with Crippen molar-refractivity contribution in [1.29, 1.82) is 0 Å². The van der Waals surface area contributed by atoms with E-state index in [1.165, 1.54) is 0 Å². The topological polar surface area (TPSA) is 83.8 Å². The van der Waals surface area contributed by atoms with Crippen LogP contribution in [0.5, 0.6) is 0 Å². The van der Waals surface area contributed by atoms with Gasteiger partial charge in [-0.1, -0.05) is 12.1 Å². The number of amides is 1. The zero-order valence-corrected chi connectivity index (χ0v) is 12.5. The minimum atomic E-state index is -0.737. The van der Waals surface area contributed by atoms with Gasteiger partial charge < -0.3 is 9.84 Å². The molecule has 2 aromatic heterocycles. The molecule has 0 spiro atoms. The molecular weight excluding hydrogens is 256 g/mol. The number of H-pyrrole nitrogens is 1. The molecule has 0 aliphatic heterocycles. The zero-order valence-electron chi connectivity index (χ0n) is 12.5. The molecule has 0 unspecified atom stereocenters. The van der Waals surface area contributed by atoms with Crippen LogP contribution >= 0.6 is 0 Å². The molecule has 108 valence electrons. The van der Waals surface area contributed by atoms with E-state index in [0.29, 0.717) is 11.6 Å². The fourth-order valence-corrected chi connectivity index (χ4v) is 2.37. The minimum absolute atomic E-state index is 0.138. The number of aromatic amines is 1. The molecule has 0 radical (unpaired) electrons. The third kappa shape index (κ3) is 2.45. The monoisotopic (exact) mass is 276 g/mol. The number of aryl methyl sites for hydroxylation is 3. The largest absolute Gasteiger partial charge is 0.361 e. The van der Waals surface area contributed by atoms with E-state index in [9.17, 15) is 4.79 Å². The predicted molar refractivity (Wildman–Crippen MR) is 75.6 cm³/mol. The smallest absolute Gasteiger partial charge is 0.235 e. The van der Waals surface area contributed by atoms with Crippen molar-refractivity contribution < 1.29 is 9.32 Å². The van der Waals surface area contributed by atoms with Crippen LogP contribution in [-0.2, 0) is 16.6 Å². The SMILES string of the molecule is CCc1cc(NC(=O)C(C)(C)c2c(C)noc2C)n[nH]1. The first kappa shape index (κ1) is 14.3. The predicted octanol–water partition coefficient (Wildman–Crippen LogP) is 2.49. The van der Waals surface area contributed by atoms with Gasteiger partial charge in [0.2, 0.25) is 5.91 Å². The maximum Gasteiger partial charge on any atom is 0.235 e. The van der Waals surface area contributed by atoms with E-state index >= 15 is 0 Å². The van der Waals surface area contributed by atoms with E-state index in [-0.39, 0.29) is 5.91 Å². The average Bonchev–Trinajstić information content (AvgIpc) is 2.96. The van der Waals surface area contributed by atoms with E-state index in [1.807, 2.05) is 40.7 Å². The van der Waals surface area contributed by atoms with Gasteiger partial charge in [-0.3, -0.25) is 9.89 Å². The van der Waals surface area contributed by atoms with Gasteiger partial charge >= 0.3 is 0 Å². The summed E-state index contributed by atoms with van der Waals surface area (Å²) < 4.78 is 5.15. The van der Waals surface area contributed by atoms with Gasteiger partial charge in [0.1, 0.15) is 5.76 Å². The molecule has 1 amide bonds. The summed E-state index contributed by atoms with van der Waals surface area (Å²) in [5.41, 5.74) is 1.80. The van der Waals surface area contributed by atoms with Crippen molar-refractivity contribution in [3.8, 4) is 0 Å². The lowest BCUT2D eigenvalue weighted by Gasteiger charge is -2.22. The van der Waals surface area contributed by atoms with Crippen LogP contribution in [0, 0.1) is 13.8 Å². The Morgan fingerprint density at radius 1 is 1.45 bits per heavy atom. The molecule has 0 aromatic carbocycles. The van der Waals surface area contributed by atoms with Gasteiger partial charge in [0, 0.05) is 17.3 Å². The minimum Gasteiger partial charge on any atom is -0.361 e. The quantitative estimate of drug-likeness (QED) is 0.898. The van der Waals surface area contributed by atoms with Crippen molar-refractivity contribution in [2.24, 2.45) is 0 Å². The first-order valence-electron chi connectivity index (χ1n) is 6.65. The van der Waals surface area contributed by atoms with Gasteiger partial charge in [-0.05, 0) is 34.1 Å². The Kier molecular flexibility index (Phi) is 3.65. The Bertz CT molecular complexity index is 605. The van der Waals surface area contributed by atoms with Crippen LogP contribution < -0.4 is 5.32 Å². The number of aromatic nitrogens is 3. The maximum atomic E-state index is 12.5. The second-order valence-corrected chi connectivity index (χ2v) is 5.41. The van der Waals surface area contributed by atoms with Gasteiger partial charge in [0.15, 0.2) is 5.82 Å². The Morgan fingerprint density at radius 2 is 2.15 bits per heavy atom. The molecule has 2 aromatic rings. The Labute approximate surface area is 117 Å². The van der Waals surface area contributed by atoms with Gasteiger partial charge in [-0.25, -0.2) is 0 Å². The number of hydrogen-bond acceptors (Lipinski definition) is 4. The summed E-state index contributed by atoms with van der Waals surface area (Å²) in [6.07, 6.45) is 0.843. The molecule has 2 heterocycles. The number of nitrogens with one attached hydrogen (secondary N) is 2. The molecule has 6 heteroatoms. The van der Waals surface area contributed by atoms with Crippen LogP contribution in [0.4, 0.5) is 5.82 Å². The number of carbonyl (C=O) groups excluding carboxylic acids is 1. The second-order valence-electron chi connectivity index (χ2n) is 5.41. The third-order valence-electron chi connectivity index (χ3n) is 3.48. The van der Waals surface area contributed by atoms with E-state index in [1.54, 1.807) is 0 Å². The Balaban J connectivity index is 2.23. The summed E-state index contributed by atoms with van der Waals surface area (Å²) >= 11 is 0. The highest BCUT2D eigenvalue weighted by molar-refractivity contribution is 5.98. The number of carbonyl (C=O) groups is 1. The highest BCUT2D eigenvalue weighted by atomic mass is 16.5. The van der Waals surface area contributed by atoms with Gasteiger partial charge in [0.25, 0.3) is 0 Å². The van der Waals surface area contributed by atoms with Crippen LogP contribution in [0.25, 0.3) is 0 Å². The third-order valence-corrected chi connectivity index (χ3v) is 3.48. The molecule has 0 atom stereocenters. The van der Waals surface area contributed by atoms with Crippen molar-refractivity contribution in [3.63, 3.8) is 0 Å². The average molecular weight is 276 g/mol. The Hall–Kier alpha value is -2.11. The number of rotatable bonds is 4. The normalized spacial score (nSPS) is 11.7. The lowest BCUT2D eigenvalue weighted by molar-refractivity contribution is -0.120. The van der Waals surface area contributed by atoms with Gasteiger partial charge in [0.05, 0.1) is 11.1 Å². The standard InChI is InChI=1S/C14H20N4O2/c1-6-10-7-11(17-16-10)15-13(19)14(4,5)12-8(2)18-20-9(12)3/h7H,6H2,1-5H3,(H2,15,16,17,19). The Morgan fingerprint density at radius 3 is 2.65 bits per heavy atom. The molecule has 20 heavy (non-hydrogen) atoms. The fourth-order valence-electron chi connectivity index (χ4n) is 2.37. The summed E-state index contributed by atoms with van der Waals surface area (Å²) in [6, 6.07) is 1.83. The first-order valence-corrected chi connectivity index (χ1v) is 6.65. The highest BCUT2D eigenvalue weighted by Crippen LogP contribution is 2.30. The van der Waals surface area contributed by atoms with E-state index in [0.717, 1.165) is 23.4 Å². The maximum absolute atomic E-state index is 12.5. The van der Waals surface area contributed by atoms with Crippen molar-refractivity contribution in [1.82, 2.24) is 15.4 Å². The number of nitrogens with zero attached hydrogens (tertiary/aromatic N) is 2. The number of hydrogen-bond donors (Lipinski definition) is 2. The van der Waals surface area contributed by atoms with Crippen LogP contribution in [0.2, 0.25) is 0 Å². The summed E-state index contributed by atoms with van der Waals surface area (Å²) in [6.45, 7) is 9.37. The van der Waals surface area contributed by atoms with Crippen LogP contribution in [0.15, 0.2) is 10.6 Å². The zero-order chi connectivity index (χ0) is 14.9. The van der Waals surface area contributed by atoms with E-state index in [2.05, 4.69) is 20.7 Å². The molecule has 0 saturated heterocycles. The van der Waals surface area contributed by atoms with Crippen molar-refractivity contribution in [2.45, 2.75) is 46.5 Å². The van der Waals surface area contributed by atoms with Crippen molar-refractivity contribution in [2.75, 3.05) is 5.32 Å². The number of anilines is 1. The molecule has 0 fully saturated rings.